The Morgan fingerprint density at radius 2 is 1.73 bits per heavy atom. The van der Waals surface area contributed by atoms with E-state index >= 15 is 0 Å². The van der Waals surface area contributed by atoms with Gasteiger partial charge >= 0.3 is 12.0 Å². The summed E-state index contributed by atoms with van der Waals surface area (Å²) in [5, 5.41) is 5.32. The minimum absolute atomic E-state index is 0.224. The first kappa shape index (κ1) is 16.1. The number of para-hydroxylation sites is 1. The second-order valence-corrected chi connectivity index (χ2v) is 6.19. The summed E-state index contributed by atoms with van der Waals surface area (Å²) >= 11 is 0. The van der Waals surface area contributed by atoms with E-state index in [2.05, 4.69) is 10.6 Å². The summed E-state index contributed by atoms with van der Waals surface area (Å²) in [5.41, 5.74) is 2.13. The molecular formula is C19H17N3O4. The van der Waals surface area contributed by atoms with Crippen LogP contribution in [0.5, 0.6) is 0 Å². The molecule has 3 amide bonds. The van der Waals surface area contributed by atoms with E-state index < -0.39 is 24.3 Å². The van der Waals surface area contributed by atoms with E-state index in [-0.39, 0.29) is 12.5 Å². The molecule has 2 aliphatic rings. The molecule has 4 rings (SSSR count). The third-order valence-electron chi connectivity index (χ3n) is 4.52. The molecule has 132 valence electrons. The van der Waals surface area contributed by atoms with Gasteiger partial charge in [0.2, 0.25) is 12.1 Å². The largest absolute Gasteiger partial charge is 0.436 e. The summed E-state index contributed by atoms with van der Waals surface area (Å²) in [6.45, 7) is -0.224. The van der Waals surface area contributed by atoms with E-state index in [4.69, 9.17) is 4.74 Å². The average molecular weight is 351 g/mol. The molecule has 0 aromatic heterocycles. The zero-order valence-corrected chi connectivity index (χ0v) is 13.8. The van der Waals surface area contributed by atoms with E-state index in [1.54, 1.807) is 24.3 Å². The quantitative estimate of drug-likeness (QED) is 0.808. The second-order valence-electron chi connectivity index (χ2n) is 6.19. The monoisotopic (exact) mass is 351 g/mol. The summed E-state index contributed by atoms with van der Waals surface area (Å²) in [5.74, 6) is -0.971. The molecule has 2 N–H and O–H groups in total. The maximum Gasteiger partial charge on any atom is 0.327 e. The minimum Gasteiger partial charge on any atom is -0.436 e. The van der Waals surface area contributed by atoms with Gasteiger partial charge in [0.05, 0.1) is 5.69 Å². The van der Waals surface area contributed by atoms with Crippen LogP contribution in [0.1, 0.15) is 17.4 Å². The Labute approximate surface area is 149 Å². The fraction of sp³-hybridized carbons (Fsp3) is 0.211. The second kappa shape index (κ2) is 6.51. The smallest absolute Gasteiger partial charge is 0.327 e. The molecule has 2 heterocycles. The molecule has 1 unspecified atom stereocenters. The molecule has 2 aliphatic heterocycles. The number of nitrogens with one attached hydrogen (secondary N) is 2. The lowest BCUT2D eigenvalue weighted by Crippen LogP contribution is -2.58. The van der Waals surface area contributed by atoms with E-state index in [0.717, 1.165) is 5.56 Å². The number of urea groups is 1. The Bertz CT molecular complexity index is 868. The van der Waals surface area contributed by atoms with Crippen LogP contribution in [0.3, 0.4) is 0 Å². The van der Waals surface area contributed by atoms with E-state index in [9.17, 15) is 14.4 Å². The summed E-state index contributed by atoms with van der Waals surface area (Å²) in [6, 6.07) is 15.2. The van der Waals surface area contributed by atoms with Gasteiger partial charge in [0.1, 0.15) is 12.6 Å². The van der Waals surface area contributed by atoms with Crippen molar-refractivity contribution in [3.63, 3.8) is 0 Å². The van der Waals surface area contributed by atoms with Gasteiger partial charge in [-0.25, -0.2) is 4.79 Å². The first-order chi connectivity index (χ1) is 12.6. The van der Waals surface area contributed by atoms with Crippen LogP contribution in [0.25, 0.3) is 0 Å². The lowest BCUT2D eigenvalue weighted by molar-refractivity contribution is -0.164. The number of hydrogen-bond donors (Lipinski definition) is 2. The molecule has 0 aliphatic carbocycles. The lowest BCUT2D eigenvalue weighted by atomic mass is 10.00. The third-order valence-corrected chi connectivity index (χ3v) is 4.52. The van der Waals surface area contributed by atoms with Crippen LogP contribution in [0.4, 0.5) is 10.5 Å². The fourth-order valence-electron chi connectivity index (χ4n) is 3.29. The standard InChI is InChI=1S/C19H17N3O4/c23-16-11-20-17(24)15(10-12-6-2-1-3-7-12)22-18(26-16)13-8-4-5-9-14(13)21-19(22)25/h1-9,15,18H,10-11H2,(H,20,24)(H,21,25)/t15-,18?/m0/s1. The van der Waals surface area contributed by atoms with Crippen molar-refractivity contribution in [2.24, 2.45) is 0 Å². The topological polar surface area (TPSA) is 87.7 Å². The van der Waals surface area contributed by atoms with Crippen LogP contribution in [0.2, 0.25) is 0 Å². The van der Waals surface area contributed by atoms with Crippen LogP contribution in [0.15, 0.2) is 54.6 Å². The molecule has 0 radical (unpaired) electrons. The molecule has 1 saturated heterocycles. The van der Waals surface area contributed by atoms with E-state index in [1.165, 1.54) is 4.90 Å². The highest BCUT2D eigenvalue weighted by atomic mass is 16.6. The van der Waals surface area contributed by atoms with Gasteiger partial charge in [0, 0.05) is 12.0 Å². The van der Waals surface area contributed by atoms with Crippen LogP contribution >= 0.6 is 0 Å². The molecule has 26 heavy (non-hydrogen) atoms. The Hall–Kier alpha value is -3.35. The molecule has 0 spiro atoms. The predicted octanol–water partition coefficient (Wildman–Crippen LogP) is 1.82. The van der Waals surface area contributed by atoms with Crippen molar-refractivity contribution in [1.29, 1.82) is 0 Å². The van der Waals surface area contributed by atoms with Gasteiger partial charge in [-0.1, -0.05) is 48.5 Å². The molecule has 2 aromatic carbocycles. The van der Waals surface area contributed by atoms with Crippen molar-refractivity contribution >= 4 is 23.6 Å². The Morgan fingerprint density at radius 3 is 2.54 bits per heavy atom. The zero-order valence-electron chi connectivity index (χ0n) is 13.8. The summed E-state index contributed by atoms with van der Waals surface area (Å²) in [7, 11) is 0. The van der Waals surface area contributed by atoms with Crippen molar-refractivity contribution in [3.05, 3.63) is 65.7 Å². The Kier molecular flexibility index (Phi) is 4.04. The molecule has 7 heteroatoms. The normalized spacial score (nSPS) is 22.2. The highest BCUT2D eigenvalue weighted by Gasteiger charge is 2.43. The van der Waals surface area contributed by atoms with Crippen LogP contribution in [-0.4, -0.2) is 35.4 Å². The minimum atomic E-state index is -0.938. The van der Waals surface area contributed by atoms with Crippen molar-refractivity contribution in [1.82, 2.24) is 10.2 Å². The maximum atomic E-state index is 12.8. The Morgan fingerprint density at radius 1 is 1.00 bits per heavy atom. The van der Waals surface area contributed by atoms with Gasteiger partial charge in [-0.2, -0.15) is 0 Å². The van der Waals surface area contributed by atoms with Crippen LogP contribution in [0, 0.1) is 0 Å². The van der Waals surface area contributed by atoms with Gasteiger partial charge in [-0.3, -0.25) is 14.5 Å². The average Bonchev–Trinajstić information content (AvgIpc) is 2.65. The number of carbonyl (C=O) groups is 3. The molecule has 2 atom stereocenters. The van der Waals surface area contributed by atoms with Crippen molar-refractivity contribution < 1.29 is 19.1 Å². The first-order valence-electron chi connectivity index (χ1n) is 8.33. The van der Waals surface area contributed by atoms with Gasteiger partial charge in [-0.05, 0) is 11.6 Å². The number of nitrogens with zero attached hydrogens (tertiary/aromatic N) is 1. The van der Waals surface area contributed by atoms with Gasteiger partial charge < -0.3 is 15.4 Å². The van der Waals surface area contributed by atoms with Gasteiger partial charge in [0.25, 0.3) is 0 Å². The van der Waals surface area contributed by atoms with Crippen LogP contribution < -0.4 is 10.6 Å². The zero-order chi connectivity index (χ0) is 18.1. The molecule has 2 aromatic rings. The highest BCUT2D eigenvalue weighted by Crippen LogP contribution is 2.36. The number of anilines is 1. The van der Waals surface area contributed by atoms with Crippen molar-refractivity contribution in [3.8, 4) is 0 Å². The molecular weight excluding hydrogens is 334 g/mol. The van der Waals surface area contributed by atoms with Gasteiger partial charge in [-0.15, -0.1) is 0 Å². The number of esters is 1. The number of hydrogen-bond acceptors (Lipinski definition) is 4. The maximum absolute atomic E-state index is 12.8. The number of rotatable bonds is 2. The van der Waals surface area contributed by atoms with Crippen molar-refractivity contribution in [2.75, 3.05) is 11.9 Å². The summed E-state index contributed by atoms with van der Waals surface area (Å²) < 4.78 is 5.52. The number of amides is 3. The lowest BCUT2D eigenvalue weighted by Gasteiger charge is -2.41. The fourth-order valence-corrected chi connectivity index (χ4v) is 3.29. The number of carbonyl (C=O) groups excluding carboxylic acids is 3. The molecule has 0 bridgehead atoms. The molecule has 0 saturated carbocycles. The molecule has 1 fully saturated rings. The molecule has 7 nitrogen and oxygen atoms in total. The summed E-state index contributed by atoms with van der Waals surface area (Å²) in [6.07, 6.45) is -0.622. The number of benzene rings is 2. The van der Waals surface area contributed by atoms with Gasteiger partial charge in [0.15, 0.2) is 0 Å². The van der Waals surface area contributed by atoms with E-state index in [0.29, 0.717) is 17.7 Å². The predicted molar refractivity (Wildman–Crippen MR) is 93.1 cm³/mol. The Balaban J connectivity index is 1.77. The number of fused-ring (bicyclic) bond motifs is 3. The number of ether oxygens (including phenoxy) is 1. The third kappa shape index (κ3) is 2.88. The van der Waals surface area contributed by atoms with E-state index in [1.807, 2.05) is 30.3 Å². The first-order valence-corrected chi connectivity index (χ1v) is 8.33. The SMILES string of the molecule is O=C1CNC(=O)[C@H](Cc2ccccc2)N2C(=O)Nc3ccccc3C2O1. The van der Waals surface area contributed by atoms with Crippen LogP contribution in [-0.2, 0) is 20.7 Å². The highest BCUT2D eigenvalue weighted by molar-refractivity contribution is 5.98. The van der Waals surface area contributed by atoms with Crippen molar-refractivity contribution in [2.45, 2.75) is 18.7 Å². The summed E-state index contributed by atoms with van der Waals surface area (Å²) in [4.78, 5) is 38.8.